The van der Waals surface area contributed by atoms with Crippen LogP contribution in [0.4, 0.5) is 4.79 Å². The van der Waals surface area contributed by atoms with Gasteiger partial charge < -0.3 is 10.1 Å². The average Bonchev–Trinajstić information content (AvgIpc) is 3.43. The Morgan fingerprint density at radius 2 is 1.80 bits per heavy atom. The largest absolute Gasteiger partial charge is 0.444 e. The molecule has 0 radical (unpaired) electrons. The van der Waals surface area contributed by atoms with Crippen LogP contribution in [0.2, 0.25) is 0 Å². The average molecular weight is 593 g/mol. The van der Waals surface area contributed by atoms with Gasteiger partial charge >= 0.3 is 6.09 Å². The van der Waals surface area contributed by atoms with Gasteiger partial charge in [0.25, 0.3) is 0 Å². The summed E-state index contributed by atoms with van der Waals surface area (Å²) in [7, 11) is 0. The molecule has 0 unspecified atom stereocenters. The van der Waals surface area contributed by atoms with Gasteiger partial charge in [-0.15, -0.1) is 11.8 Å². The molecule has 2 amide bonds. The highest BCUT2D eigenvalue weighted by atomic mass is 32.2. The first kappa shape index (κ1) is 31.5. The number of rotatable bonds is 11. The summed E-state index contributed by atoms with van der Waals surface area (Å²) in [5, 5.41) is 3.11. The number of carbonyl (C=O) groups is 2. The summed E-state index contributed by atoms with van der Waals surface area (Å²) in [5.41, 5.74) is 4.03. The number of nitrogens with one attached hydrogen (secondary N) is 2. The van der Waals surface area contributed by atoms with Crippen LogP contribution in [0.1, 0.15) is 71.3 Å². The summed E-state index contributed by atoms with van der Waals surface area (Å²) < 4.78 is 5.55. The topological polar surface area (TPSA) is 83.1 Å². The van der Waals surface area contributed by atoms with Crippen molar-refractivity contribution in [1.82, 2.24) is 20.6 Å². The standard InChI is InChI=1S/C30H48N4O4S2/c1-30(2,3)37-29(36)34-22-40-20-26(34)28(35)31-27(21-39-19-24-12-8-5-9-13-24)38-32-25-14-16-33(17-15-25)18-23-10-6-4-7-11-23/h4,6-7,10-11,24-27,32H,5,8-9,12-22H2,1-3H3,(H,31,35)/t26-,27+/m0/s1. The highest BCUT2D eigenvalue weighted by Crippen LogP contribution is 2.27. The molecule has 2 atom stereocenters. The Balaban J connectivity index is 1.27. The molecule has 8 nitrogen and oxygen atoms in total. The molecule has 1 saturated carbocycles. The van der Waals surface area contributed by atoms with E-state index in [1.54, 1.807) is 11.8 Å². The van der Waals surface area contributed by atoms with Crippen LogP contribution in [0.5, 0.6) is 0 Å². The lowest BCUT2D eigenvalue weighted by molar-refractivity contribution is -0.132. The smallest absolute Gasteiger partial charge is 0.411 e. The predicted octanol–water partition coefficient (Wildman–Crippen LogP) is 5.24. The van der Waals surface area contributed by atoms with Gasteiger partial charge in [-0.05, 0) is 63.7 Å². The zero-order chi connectivity index (χ0) is 28.4. The lowest BCUT2D eigenvalue weighted by Gasteiger charge is -2.33. The molecule has 2 aliphatic heterocycles. The highest BCUT2D eigenvalue weighted by molar-refractivity contribution is 7.99. The number of amides is 2. The van der Waals surface area contributed by atoms with Crippen molar-refractivity contribution in [3.05, 3.63) is 35.9 Å². The summed E-state index contributed by atoms with van der Waals surface area (Å²) >= 11 is 3.43. The lowest BCUT2D eigenvalue weighted by Crippen LogP contribution is -2.53. The van der Waals surface area contributed by atoms with Gasteiger partial charge in [0.15, 0.2) is 6.23 Å². The molecule has 3 fully saturated rings. The maximum atomic E-state index is 13.4. The molecule has 1 aliphatic carbocycles. The molecule has 2 saturated heterocycles. The number of hydroxylamine groups is 1. The van der Waals surface area contributed by atoms with Gasteiger partial charge in [-0.1, -0.05) is 49.6 Å². The van der Waals surface area contributed by atoms with Crippen molar-refractivity contribution >= 4 is 35.5 Å². The van der Waals surface area contributed by atoms with Gasteiger partial charge in [0.05, 0.1) is 5.88 Å². The number of piperidine rings is 1. The molecule has 224 valence electrons. The van der Waals surface area contributed by atoms with E-state index >= 15 is 0 Å². The highest BCUT2D eigenvalue weighted by Gasteiger charge is 2.38. The molecule has 10 heteroatoms. The monoisotopic (exact) mass is 592 g/mol. The number of benzene rings is 1. The number of thioether (sulfide) groups is 2. The Kier molecular flexibility index (Phi) is 12.3. The van der Waals surface area contributed by atoms with Gasteiger partial charge in [0, 0.05) is 37.2 Å². The number of carbonyl (C=O) groups excluding carboxylic acids is 2. The summed E-state index contributed by atoms with van der Waals surface area (Å²) in [6.07, 6.45) is 7.69. The maximum absolute atomic E-state index is 13.4. The molecule has 1 aromatic rings. The summed E-state index contributed by atoms with van der Waals surface area (Å²) in [6, 6.07) is 10.3. The second-order valence-corrected chi connectivity index (χ2v) is 14.4. The number of nitrogens with zero attached hydrogens (tertiary/aromatic N) is 2. The maximum Gasteiger partial charge on any atom is 0.411 e. The zero-order valence-corrected chi connectivity index (χ0v) is 26.1. The third-order valence-corrected chi connectivity index (χ3v) is 9.94. The molecule has 2 N–H and O–H groups in total. The van der Waals surface area contributed by atoms with E-state index in [1.807, 2.05) is 32.5 Å². The molecule has 4 rings (SSSR count). The molecule has 0 bridgehead atoms. The molecule has 1 aromatic carbocycles. The van der Waals surface area contributed by atoms with E-state index in [4.69, 9.17) is 9.57 Å². The Morgan fingerprint density at radius 1 is 1.07 bits per heavy atom. The van der Waals surface area contributed by atoms with Crippen LogP contribution in [0.3, 0.4) is 0 Å². The second-order valence-electron chi connectivity index (χ2n) is 12.3. The van der Waals surface area contributed by atoms with Crippen molar-refractivity contribution in [2.24, 2.45) is 5.92 Å². The van der Waals surface area contributed by atoms with Crippen LogP contribution in [-0.2, 0) is 20.9 Å². The van der Waals surface area contributed by atoms with E-state index in [1.165, 1.54) is 42.6 Å². The first-order valence-electron chi connectivity index (χ1n) is 14.9. The fraction of sp³-hybridized carbons (Fsp3) is 0.733. The van der Waals surface area contributed by atoms with Crippen molar-refractivity contribution < 1.29 is 19.2 Å². The van der Waals surface area contributed by atoms with Crippen molar-refractivity contribution in [2.75, 3.05) is 36.2 Å². The van der Waals surface area contributed by atoms with Crippen LogP contribution < -0.4 is 10.8 Å². The van der Waals surface area contributed by atoms with Crippen LogP contribution in [0.15, 0.2) is 30.3 Å². The number of hydrogen-bond donors (Lipinski definition) is 2. The number of ether oxygens (including phenoxy) is 1. The normalized spacial score (nSPS) is 22.3. The van der Waals surface area contributed by atoms with E-state index in [0.717, 1.165) is 44.1 Å². The molecule has 3 aliphatic rings. The zero-order valence-electron chi connectivity index (χ0n) is 24.4. The van der Waals surface area contributed by atoms with E-state index in [0.29, 0.717) is 17.4 Å². The SMILES string of the molecule is CC(C)(C)OC(=O)N1CSC[C@H]1C(=O)N[C@@H](CSCC1CCCCC1)ONC1CCN(Cc2ccccc2)CC1. The summed E-state index contributed by atoms with van der Waals surface area (Å²) in [5.74, 6) is 3.35. The lowest BCUT2D eigenvalue weighted by atomic mass is 9.91. The van der Waals surface area contributed by atoms with Crippen molar-refractivity contribution in [3.63, 3.8) is 0 Å². The van der Waals surface area contributed by atoms with Gasteiger partial charge in [-0.25, -0.2) is 4.79 Å². The molecule has 40 heavy (non-hydrogen) atoms. The minimum atomic E-state index is -0.604. The van der Waals surface area contributed by atoms with E-state index < -0.39 is 24.0 Å². The van der Waals surface area contributed by atoms with Crippen LogP contribution in [0, 0.1) is 5.92 Å². The van der Waals surface area contributed by atoms with Crippen LogP contribution >= 0.6 is 23.5 Å². The van der Waals surface area contributed by atoms with Gasteiger partial charge in [-0.2, -0.15) is 17.2 Å². The summed E-state index contributed by atoms with van der Waals surface area (Å²) in [6.45, 7) is 8.51. The summed E-state index contributed by atoms with van der Waals surface area (Å²) in [4.78, 5) is 36.3. The van der Waals surface area contributed by atoms with Gasteiger partial charge in [0.1, 0.15) is 11.6 Å². The van der Waals surface area contributed by atoms with E-state index in [2.05, 4.69) is 46.0 Å². The molecule has 0 aromatic heterocycles. The minimum absolute atomic E-state index is 0.182. The second kappa shape index (κ2) is 15.7. The number of likely N-dealkylation sites (tertiary alicyclic amines) is 1. The fourth-order valence-electron chi connectivity index (χ4n) is 5.44. The molecule has 0 spiro atoms. The molecular formula is C30H48N4O4S2. The third kappa shape index (κ3) is 10.4. The quantitative estimate of drug-likeness (QED) is 0.267. The van der Waals surface area contributed by atoms with Crippen LogP contribution in [-0.4, -0.2) is 81.9 Å². The van der Waals surface area contributed by atoms with Gasteiger partial charge in [-0.3, -0.25) is 19.4 Å². The van der Waals surface area contributed by atoms with Crippen molar-refractivity contribution in [2.45, 2.75) is 96.2 Å². The van der Waals surface area contributed by atoms with Crippen LogP contribution in [0.25, 0.3) is 0 Å². The predicted molar refractivity (Wildman–Crippen MR) is 164 cm³/mol. The van der Waals surface area contributed by atoms with Crippen molar-refractivity contribution in [1.29, 1.82) is 0 Å². The number of hydrogen-bond acceptors (Lipinski definition) is 8. The first-order valence-corrected chi connectivity index (χ1v) is 17.2. The molecule has 2 heterocycles. The van der Waals surface area contributed by atoms with E-state index in [9.17, 15) is 9.59 Å². The Morgan fingerprint density at radius 3 is 2.50 bits per heavy atom. The Hall–Kier alpha value is -1.46. The Labute approximate surface area is 249 Å². The first-order chi connectivity index (χ1) is 19.3. The fourth-order valence-corrected chi connectivity index (χ4v) is 7.76. The van der Waals surface area contributed by atoms with Gasteiger partial charge in [0.2, 0.25) is 5.91 Å². The van der Waals surface area contributed by atoms with E-state index in [-0.39, 0.29) is 11.9 Å². The Bertz CT molecular complexity index is 918. The minimum Gasteiger partial charge on any atom is -0.444 e. The third-order valence-electron chi connectivity index (χ3n) is 7.68. The molecular weight excluding hydrogens is 544 g/mol. The van der Waals surface area contributed by atoms with Crippen molar-refractivity contribution in [3.8, 4) is 0 Å².